The van der Waals surface area contributed by atoms with E-state index < -0.39 is 48.2 Å². The Morgan fingerprint density at radius 2 is 1.90 bits per heavy atom. The van der Waals surface area contributed by atoms with E-state index in [1.165, 1.54) is 0 Å². The van der Waals surface area contributed by atoms with Crippen molar-refractivity contribution >= 4 is 34.7 Å². The third-order valence-corrected chi connectivity index (χ3v) is 4.47. The molecule has 0 bridgehead atoms. The van der Waals surface area contributed by atoms with E-state index in [4.69, 9.17) is 6.52 Å². The van der Waals surface area contributed by atoms with E-state index >= 15 is 0 Å². The second-order valence-corrected chi connectivity index (χ2v) is 7.25. The average Bonchev–Trinajstić information content (AvgIpc) is 2.70. The van der Waals surface area contributed by atoms with Crippen LogP contribution in [0.4, 0.5) is 0 Å². The molecule has 0 aliphatic rings. The third kappa shape index (κ3) is 6.54. The molecule has 0 unspecified atom stereocenters. The van der Waals surface area contributed by atoms with Crippen molar-refractivity contribution < 1.29 is 30.8 Å². The molecule has 2 rings (SSSR count). The SMILES string of the molecule is [2H]N(C(=O)Cc1ccc2ncccc2c1)[C@H](C(=O)N[C@@H](CCC(=O)O)C(=O)O)C(C)C. The number of benzene rings is 1. The molecule has 1 aromatic carbocycles. The molecular formula is C21H25N3O6. The highest BCUT2D eigenvalue weighted by Gasteiger charge is 2.28. The number of carboxylic acids is 2. The lowest BCUT2D eigenvalue weighted by Gasteiger charge is -2.24. The lowest BCUT2D eigenvalue weighted by Crippen LogP contribution is -2.54. The maximum atomic E-state index is 12.7. The van der Waals surface area contributed by atoms with E-state index in [1.807, 2.05) is 6.07 Å². The zero-order valence-corrected chi connectivity index (χ0v) is 16.7. The maximum absolute atomic E-state index is 12.7. The summed E-state index contributed by atoms with van der Waals surface area (Å²) in [6.45, 7) is 3.27. The van der Waals surface area contributed by atoms with Gasteiger partial charge in [0.1, 0.15) is 12.1 Å². The van der Waals surface area contributed by atoms with Gasteiger partial charge in [-0.2, -0.15) is 0 Å². The van der Waals surface area contributed by atoms with Crippen molar-refractivity contribution in [1.29, 1.82) is 0 Å². The van der Waals surface area contributed by atoms with Crippen LogP contribution in [0.25, 0.3) is 10.9 Å². The van der Waals surface area contributed by atoms with Gasteiger partial charge in [-0.3, -0.25) is 19.4 Å². The molecule has 9 nitrogen and oxygen atoms in total. The molecule has 30 heavy (non-hydrogen) atoms. The molecule has 2 aromatic rings. The molecule has 0 spiro atoms. The predicted molar refractivity (Wildman–Crippen MR) is 109 cm³/mol. The smallest absolute Gasteiger partial charge is 0.326 e. The fourth-order valence-electron chi connectivity index (χ4n) is 2.90. The Kier molecular flexibility index (Phi) is 7.31. The van der Waals surface area contributed by atoms with Gasteiger partial charge in [-0.25, -0.2) is 4.79 Å². The number of nitrogens with one attached hydrogen (secondary N) is 2. The summed E-state index contributed by atoms with van der Waals surface area (Å²) in [5.41, 5.74) is 1.41. The van der Waals surface area contributed by atoms with Crippen LogP contribution in [-0.4, -0.2) is 51.0 Å². The molecule has 4 N–H and O–H groups in total. The van der Waals surface area contributed by atoms with Gasteiger partial charge < -0.3 is 20.8 Å². The second-order valence-electron chi connectivity index (χ2n) is 7.25. The molecule has 2 amide bonds. The highest BCUT2D eigenvalue weighted by Crippen LogP contribution is 2.14. The number of carboxylic acid groups (broad SMARTS) is 2. The normalized spacial score (nSPS) is 13.4. The fraction of sp³-hybridized carbons (Fsp3) is 0.381. The van der Waals surface area contributed by atoms with E-state index in [9.17, 15) is 24.3 Å². The van der Waals surface area contributed by atoms with E-state index in [0.717, 1.165) is 10.9 Å². The predicted octanol–water partition coefficient (Wildman–Crippen LogP) is 1.35. The summed E-state index contributed by atoms with van der Waals surface area (Å²) in [6.07, 6.45) is 0.791. The number of carbonyl (C=O) groups is 4. The van der Waals surface area contributed by atoms with Gasteiger partial charge in [-0.15, -0.1) is 0 Å². The van der Waals surface area contributed by atoms with Crippen molar-refractivity contribution in [1.82, 2.24) is 15.6 Å². The molecule has 0 saturated carbocycles. The minimum absolute atomic E-state index is 0.119. The molecule has 9 heteroatoms. The van der Waals surface area contributed by atoms with E-state index in [0.29, 0.717) is 10.9 Å². The number of aliphatic carboxylic acids is 2. The van der Waals surface area contributed by atoms with Gasteiger partial charge in [-0.1, -0.05) is 26.0 Å². The van der Waals surface area contributed by atoms with Crippen LogP contribution in [0.1, 0.15) is 32.3 Å². The van der Waals surface area contributed by atoms with Gasteiger partial charge in [-0.05, 0) is 36.1 Å². The largest absolute Gasteiger partial charge is 0.481 e. The molecular weight excluding hydrogens is 390 g/mol. The van der Waals surface area contributed by atoms with Crippen molar-refractivity contribution in [3.8, 4) is 0 Å². The standard InChI is InChI=1S/C21H25N3O6/c1-12(2)19(20(28)23-16(21(29)30)7-8-18(26)27)24-17(25)11-13-5-6-15-14(10-13)4-3-9-22-15/h3-6,9-10,12,16,19H,7-8,11H2,1-2H3,(H,23,28)(H,24,25)(H,26,27)(H,29,30)/t16-,19-/m0/s1/i/hD. The number of rotatable bonds is 10. The first kappa shape index (κ1) is 21.2. The van der Waals surface area contributed by atoms with E-state index in [-0.39, 0.29) is 12.8 Å². The molecule has 0 fully saturated rings. The molecule has 0 radical (unpaired) electrons. The zero-order valence-electron chi connectivity index (χ0n) is 17.7. The Morgan fingerprint density at radius 3 is 2.53 bits per heavy atom. The summed E-state index contributed by atoms with van der Waals surface area (Å²) in [6, 6.07) is 6.22. The van der Waals surface area contributed by atoms with Crippen LogP contribution in [-0.2, 0) is 25.6 Å². The summed E-state index contributed by atoms with van der Waals surface area (Å²) in [5.74, 6) is -4.50. The van der Waals surface area contributed by atoms with E-state index in [1.54, 1.807) is 44.3 Å². The minimum atomic E-state index is -1.43. The monoisotopic (exact) mass is 416 g/mol. The molecule has 0 aliphatic heterocycles. The first-order valence-corrected chi connectivity index (χ1v) is 9.49. The van der Waals surface area contributed by atoms with Crippen LogP contribution >= 0.6 is 0 Å². The highest BCUT2D eigenvalue weighted by atomic mass is 16.4. The van der Waals surface area contributed by atoms with Crippen LogP contribution in [0, 0.1) is 5.92 Å². The summed E-state index contributed by atoms with van der Waals surface area (Å²) < 4.78 is 8.20. The quantitative estimate of drug-likeness (QED) is 0.457. The molecule has 1 heterocycles. The lowest BCUT2D eigenvalue weighted by atomic mass is 10.0. The van der Waals surface area contributed by atoms with Crippen LogP contribution in [0.2, 0.25) is 1.41 Å². The number of nitrogens with zero attached hydrogens (tertiary/aromatic N) is 1. The van der Waals surface area contributed by atoms with Gasteiger partial charge in [0.05, 0.1) is 11.9 Å². The van der Waals surface area contributed by atoms with Crippen molar-refractivity contribution in [2.24, 2.45) is 5.92 Å². The Balaban J connectivity index is 2.12. The summed E-state index contributed by atoms with van der Waals surface area (Å²) in [5, 5.41) is 21.6. The molecule has 160 valence electrons. The molecule has 0 saturated heterocycles. The van der Waals surface area contributed by atoms with Crippen molar-refractivity contribution in [3.05, 3.63) is 42.1 Å². The third-order valence-electron chi connectivity index (χ3n) is 4.47. The second kappa shape index (κ2) is 10.3. The number of carbonyl (C=O) groups excluding carboxylic acids is 2. The van der Waals surface area contributed by atoms with Crippen molar-refractivity contribution in [2.45, 2.75) is 45.2 Å². The first-order chi connectivity index (χ1) is 14.6. The highest BCUT2D eigenvalue weighted by molar-refractivity contribution is 5.91. The summed E-state index contributed by atoms with van der Waals surface area (Å²) in [4.78, 5) is 51.6. The van der Waals surface area contributed by atoms with E-state index in [2.05, 4.69) is 10.3 Å². The number of fused-ring (bicyclic) bond motifs is 1. The Hall–Kier alpha value is -3.49. The fourth-order valence-corrected chi connectivity index (χ4v) is 2.90. The molecule has 0 aliphatic carbocycles. The lowest BCUT2D eigenvalue weighted by molar-refractivity contribution is -0.143. The number of hydrogen-bond acceptors (Lipinski definition) is 5. The van der Waals surface area contributed by atoms with Gasteiger partial charge in [0, 0.05) is 18.0 Å². The Bertz CT molecular complexity index is 980. The molecule has 1 aromatic heterocycles. The average molecular weight is 416 g/mol. The molecule has 2 atom stereocenters. The van der Waals surface area contributed by atoms with Crippen LogP contribution in [0.15, 0.2) is 36.5 Å². The van der Waals surface area contributed by atoms with Gasteiger partial charge >= 0.3 is 11.9 Å². The number of aromatic nitrogens is 1. The van der Waals surface area contributed by atoms with Crippen molar-refractivity contribution in [2.75, 3.05) is 0 Å². The van der Waals surface area contributed by atoms with Crippen LogP contribution in [0.5, 0.6) is 0 Å². The van der Waals surface area contributed by atoms with Gasteiger partial charge in [0.15, 0.2) is 1.41 Å². The maximum Gasteiger partial charge on any atom is 0.326 e. The van der Waals surface area contributed by atoms with Gasteiger partial charge in [0.2, 0.25) is 11.8 Å². The summed E-state index contributed by atoms with van der Waals surface area (Å²) >= 11 is 0. The summed E-state index contributed by atoms with van der Waals surface area (Å²) in [7, 11) is 0. The minimum Gasteiger partial charge on any atom is -0.481 e. The van der Waals surface area contributed by atoms with Gasteiger partial charge in [0.25, 0.3) is 0 Å². The number of pyridine rings is 1. The van der Waals surface area contributed by atoms with Crippen molar-refractivity contribution in [3.63, 3.8) is 0 Å². The number of amides is 2. The Labute approximate surface area is 175 Å². The zero-order chi connectivity index (χ0) is 23.1. The van der Waals surface area contributed by atoms with Crippen LogP contribution < -0.4 is 10.6 Å². The number of hydrogen-bond donors (Lipinski definition) is 4. The Morgan fingerprint density at radius 1 is 1.17 bits per heavy atom. The van der Waals surface area contributed by atoms with Crippen LogP contribution in [0.3, 0.4) is 0 Å². The first-order valence-electron chi connectivity index (χ1n) is 9.94. The topological polar surface area (TPSA) is 146 Å².